The van der Waals surface area contributed by atoms with Crippen LogP contribution in [-0.4, -0.2) is 18.7 Å². The van der Waals surface area contributed by atoms with E-state index in [1.165, 1.54) is 41.3 Å². The SMILES string of the molecule is CCCC1(Cc2cc(Br)cc3c2OCC3)CCCN1. The van der Waals surface area contributed by atoms with Crippen molar-refractivity contribution in [2.24, 2.45) is 0 Å². The lowest BCUT2D eigenvalue weighted by molar-refractivity contribution is 0.324. The van der Waals surface area contributed by atoms with E-state index in [0.29, 0.717) is 5.54 Å². The first-order chi connectivity index (χ1) is 9.22. The average Bonchev–Trinajstić information content (AvgIpc) is 2.98. The lowest BCUT2D eigenvalue weighted by Gasteiger charge is -2.30. The van der Waals surface area contributed by atoms with Gasteiger partial charge in [0.15, 0.2) is 0 Å². The fourth-order valence-electron chi connectivity index (χ4n) is 3.64. The molecule has 2 aliphatic rings. The quantitative estimate of drug-likeness (QED) is 0.908. The second kappa shape index (κ2) is 5.45. The van der Waals surface area contributed by atoms with Crippen LogP contribution in [0.5, 0.6) is 5.75 Å². The largest absolute Gasteiger partial charge is 0.493 e. The Kier molecular flexibility index (Phi) is 3.86. The molecule has 0 aliphatic carbocycles. The van der Waals surface area contributed by atoms with Gasteiger partial charge in [-0.3, -0.25) is 0 Å². The lowest BCUT2D eigenvalue weighted by atomic mass is 9.84. The molecule has 3 rings (SSSR count). The summed E-state index contributed by atoms with van der Waals surface area (Å²) in [4.78, 5) is 0. The van der Waals surface area contributed by atoms with Gasteiger partial charge in [0.1, 0.15) is 5.75 Å². The van der Waals surface area contributed by atoms with Gasteiger partial charge in [0.2, 0.25) is 0 Å². The zero-order chi connectivity index (χ0) is 13.3. The first-order valence-electron chi connectivity index (χ1n) is 7.41. The molecule has 1 aromatic rings. The summed E-state index contributed by atoms with van der Waals surface area (Å²) in [5.74, 6) is 1.16. The van der Waals surface area contributed by atoms with Crippen molar-refractivity contribution in [2.75, 3.05) is 13.2 Å². The molecule has 1 fully saturated rings. The van der Waals surface area contributed by atoms with Crippen LogP contribution in [0.15, 0.2) is 16.6 Å². The number of nitrogens with one attached hydrogen (secondary N) is 1. The normalized spacial score (nSPS) is 25.4. The monoisotopic (exact) mass is 323 g/mol. The molecular weight excluding hydrogens is 302 g/mol. The standard InChI is InChI=1S/C16H22BrNO/c1-2-5-16(6-3-7-18-16)11-13-10-14(17)9-12-4-8-19-15(12)13/h9-10,18H,2-8,11H2,1H3. The summed E-state index contributed by atoms with van der Waals surface area (Å²) >= 11 is 3.65. The van der Waals surface area contributed by atoms with Gasteiger partial charge in [-0.05, 0) is 55.5 Å². The number of ether oxygens (including phenoxy) is 1. The number of halogens is 1. The average molecular weight is 324 g/mol. The van der Waals surface area contributed by atoms with Crippen molar-refractivity contribution in [2.45, 2.75) is 51.0 Å². The third kappa shape index (κ3) is 2.68. The number of rotatable bonds is 4. The number of hydrogen-bond acceptors (Lipinski definition) is 2. The van der Waals surface area contributed by atoms with E-state index in [-0.39, 0.29) is 0 Å². The minimum Gasteiger partial charge on any atom is -0.493 e. The van der Waals surface area contributed by atoms with Gasteiger partial charge < -0.3 is 10.1 Å². The molecule has 2 heterocycles. The summed E-state index contributed by atoms with van der Waals surface area (Å²) in [7, 11) is 0. The molecule has 1 saturated heterocycles. The Morgan fingerprint density at radius 3 is 3.05 bits per heavy atom. The predicted molar refractivity (Wildman–Crippen MR) is 81.9 cm³/mol. The third-order valence-electron chi connectivity index (χ3n) is 4.41. The van der Waals surface area contributed by atoms with Crippen molar-refractivity contribution in [3.63, 3.8) is 0 Å². The van der Waals surface area contributed by atoms with E-state index in [2.05, 4.69) is 40.3 Å². The summed E-state index contributed by atoms with van der Waals surface area (Å²) < 4.78 is 7.06. The summed E-state index contributed by atoms with van der Waals surface area (Å²) in [6.07, 6.45) is 7.25. The zero-order valence-corrected chi connectivity index (χ0v) is 13.2. The molecule has 0 spiro atoms. The van der Waals surface area contributed by atoms with Gasteiger partial charge in [0, 0.05) is 16.4 Å². The summed E-state index contributed by atoms with van der Waals surface area (Å²) in [6, 6.07) is 4.46. The summed E-state index contributed by atoms with van der Waals surface area (Å²) in [5, 5.41) is 3.76. The van der Waals surface area contributed by atoms with Crippen LogP contribution >= 0.6 is 15.9 Å². The Morgan fingerprint density at radius 1 is 1.42 bits per heavy atom. The van der Waals surface area contributed by atoms with Gasteiger partial charge in [-0.2, -0.15) is 0 Å². The molecule has 19 heavy (non-hydrogen) atoms. The highest BCUT2D eigenvalue weighted by molar-refractivity contribution is 9.10. The molecule has 1 atom stereocenters. The molecular formula is C16H22BrNO. The maximum Gasteiger partial charge on any atom is 0.125 e. The summed E-state index contributed by atoms with van der Waals surface area (Å²) in [6.45, 7) is 4.29. The number of hydrogen-bond donors (Lipinski definition) is 1. The van der Waals surface area contributed by atoms with E-state index in [1.54, 1.807) is 0 Å². The van der Waals surface area contributed by atoms with Crippen molar-refractivity contribution < 1.29 is 4.74 Å². The van der Waals surface area contributed by atoms with Crippen LogP contribution in [0.1, 0.15) is 43.7 Å². The van der Waals surface area contributed by atoms with Gasteiger partial charge in [-0.25, -0.2) is 0 Å². The second-order valence-corrected chi connectivity index (χ2v) is 6.80. The zero-order valence-electron chi connectivity index (χ0n) is 11.6. The molecule has 0 amide bonds. The van der Waals surface area contributed by atoms with Gasteiger partial charge in [-0.1, -0.05) is 29.3 Å². The van der Waals surface area contributed by atoms with E-state index in [0.717, 1.165) is 31.7 Å². The third-order valence-corrected chi connectivity index (χ3v) is 4.87. The van der Waals surface area contributed by atoms with Gasteiger partial charge >= 0.3 is 0 Å². The molecule has 0 saturated carbocycles. The van der Waals surface area contributed by atoms with Crippen LogP contribution in [0.4, 0.5) is 0 Å². The Morgan fingerprint density at radius 2 is 2.32 bits per heavy atom. The van der Waals surface area contributed by atoms with Crippen LogP contribution in [0.25, 0.3) is 0 Å². The van der Waals surface area contributed by atoms with Gasteiger partial charge in [0.25, 0.3) is 0 Å². The molecule has 0 radical (unpaired) electrons. The van der Waals surface area contributed by atoms with Crippen molar-refractivity contribution in [3.8, 4) is 5.75 Å². The number of benzene rings is 1. The summed E-state index contributed by atoms with van der Waals surface area (Å²) in [5.41, 5.74) is 3.05. The molecule has 1 N–H and O–H groups in total. The second-order valence-electron chi connectivity index (χ2n) is 5.89. The Hall–Kier alpha value is -0.540. The van der Waals surface area contributed by atoms with E-state index < -0.39 is 0 Å². The Bertz CT molecular complexity index is 466. The van der Waals surface area contributed by atoms with Gasteiger partial charge in [-0.15, -0.1) is 0 Å². The van der Waals surface area contributed by atoms with Crippen LogP contribution < -0.4 is 10.1 Å². The molecule has 2 nitrogen and oxygen atoms in total. The predicted octanol–water partition coefficient (Wildman–Crippen LogP) is 3.85. The Labute approximate surface area is 124 Å². The van der Waals surface area contributed by atoms with E-state index in [9.17, 15) is 0 Å². The fourth-order valence-corrected chi connectivity index (χ4v) is 4.19. The first-order valence-corrected chi connectivity index (χ1v) is 8.21. The molecule has 0 aromatic heterocycles. The first kappa shape index (κ1) is 13.4. The van der Waals surface area contributed by atoms with Crippen molar-refractivity contribution in [1.29, 1.82) is 0 Å². The van der Waals surface area contributed by atoms with Crippen LogP contribution in [0, 0.1) is 0 Å². The topological polar surface area (TPSA) is 21.3 Å². The highest BCUT2D eigenvalue weighted by atomic mass is 79.9. The van der Waals surface area contributed by atoms with Crippen molar-refractivity contribution >= 4 is 15.9 Å². The van der Waals surface area contributed by atoms with Crippen molar-refractivity contribution in [3.05, 3.63) is 27.7 Å². The molecule has 1 unspecified atom stereocenters. The van der Waals surface area contributed by atoms with E-state index in [1.807, 2.05) is 0 Å². The highest BCUT2D eigenvalue weighted by Gasteiger charge is 2.34. The highest BCUT2D eigenvalue weighted by Crippen LogP contribution is 2.37. The van der Waals surface area contributed by atoms with Gasteiger partial charge in [0.05, 0.1) is 6.61 Å². The minimum atomic E-state index is 0.301. The number of fused-ring (bicyclic) bond motifs is 1. The maximum atomic E-state index is 5.87. The molecule has 0 bridgehead atoms. The Balaban J connectivity index is 1.90. The molecule has 1 aromatic carbocycles. The fraction of sp³-hybridized carbons (Fsp3) is 0.625. The maximum absolute atomic E-state index is 5.87. The lowest BCUT2D eigenvalue weighted by Crippen LogP contribution is -2.41. The minimum absolute atomic E-state index is 0.301. The molecule has 2 aliphatic heterocycles. The van der Waals surface area contributed by atoms with Crippen LogP contribution in [0.3, 0.4) is 0 Å². The van der Waals surface area contributed by atoms with Crippen LogP contribution in [-0.2, 0) is 12.8 Å². The van der Waals surface area contributed by atoms with E-state index in [4.69, 9.17) is 4.74 Å². The van der Waals surface area contributed by atoms with Crippen LogP contribution in [0.2, 0.25) is 0 Å². The smallest absolute Gasteiger partial charge is 0.125 e. The van der Waals surface area contributed by atoms with Crippen molar-refractivity contribution in [1.82, 2.24) is 5.32 Å². The molecule has 3 heteroatoms. The molecule has 104 valence electrons. The van der Waals surface area contributed by atoms with E-state index >= 15 is 0 Å².